The second kappa shape index (κ2) is 5.76. The molecule has 1 fully saturated rings. The van der Waals surface area contributed by atoms with Crippen LogP contribution in [0.4, 0.5) is 0 Å². The van der Waals surface area contributed by atoms with Crippen molar-refractivity contribution >= 4 is 5.91 Å². The number of nitrogens with one attached hydrogen (secondary N) is 1. The van der Waals surface area contributed by atoms with E-state index in [1.807, 2.05) is 0 Å². The molecule has 1 aliphatic rings. The van der Waals surface area contributed by atoms with E-state index in [-0.39, 0.29) is 17.2 Å². The van der Waals surface area contributed by atoms with Crippen LogP contribution < -0.4 is 10.1 Å². The minimum absolute atomic E-state index is 0.0181. The molecule has 0 unspecified atom stereocenters. The lowest BCUT2D eigenvalue weighted by atomic mass is 10.1. The molecule has 0 heterocycles. The summed E-state index contributed by atoms with van der Waals surface area (Å²) in [6.07, 6.45) is 4.86. The summed E-state index contributed by atoms with van der Waals surface area (Å²) in [6.45, 7) is 0.659. The lowest BCUT2D eigenvalue weighted by molar-refractivity contribution is 0.0950. The molecule has 18 heavy (non-hydrogen) atoms. The highest BCUT2D eigenvalue weighted by Gasteiger charge is 2.20. The Morgan fingerprint density at radius 2 is 2.28 bits per heavy atom. The maximum absolute atomic E-state index is 11.9. The van der Waals surface area contributed by atoms with Gasteiger partial charge in [-0.1, -0.05) is 12.8 Å². The molecule has 4 nitrogen and oxygen atoms in total. The van der Waals surface area contributed by atoms with Crippen molar-refractivity contribution < 1.29 is 14.6 Å². The predicted octanol–water partition coefficient (Wildman–Crippen LogP) is 2.32. The van der Waals surface area contributed by atoms with Crippen molar-refractivity contribution in [1.82, 2.24) is 5.32 Å². The quantitative estimate of drug-likeness (QED) is 0.761. The Bertz CT molecular complexity index is 427. The van der Waals surface area contributed by atoms with E-state index in [1.165, 1.54) is 32.4 Å². The molecule has 4 heteroatoms. The lowest BCUT2D eigenvalue weighted by Crippen LogP contribution is -2.24. The number of hydrogen-bond acceptors (Lipinski definition) is 3. The fourth-order valence-electron chi connectivity index (χ4n) is 1.92. The van der Waals surface area contributed by atoms with Crippen LogP contribution in [0.1, 0.15) is 36.0 Å². The summed E-state index contributed by atoms with van der Waals surface area (Å²) in [6, 6.07) is 4.64. The van der Waals surface area contributed by atoms with Crippen molar-refractivity contribution in [3.8, 4) is 11.5 Å². The van der Waals surface area contributed by atoms with E-state index in [0.29, 0.717) is 12.3 Å². The van der Waals surface area contributed by atoms with Crippen LogP contribution in [0.25, 0.3) is 0 Å². The minimum Gasteiger partial charge on any atom is -0.507 e. The van der Waals surface area contributed by atoms with Crippen LogP contribution in [-0.4, -0.2) is 24.7 Å². The van der Waals surface area contributed by atoms with E-state index in [9.17, 15) is 9.90 Å². The third-order valence-electron chi connectivity index (χ3n) is 3.22. The molecule has 0 bridgehead atoms. The summed E-state index contributed by atoms with van der Waals surface area (Å²) in [5.41, 5.74) is 0.265. The van der Waals surface area contributed by atoms with Gasteiger partial charge in [0, 0.05) is 6.54 Å². The monoisotopic (exact) mass is 249 g/mol. The largest absolute Gasteiger partial charge is 0.507 e. The highest BCUT2D eigenvalue weighted by Crippen LogP contribution is 2.33. The number of rotatable bonds is 6. The van der Waals surface area contributed by atoms with E-state index in [0.717, 1.165) is 12.3 Å². The molecule has 0 aromatic heterocycles. The fourth-order valence-corrected chi connectivity index (χ4v) is 1.92. The number of hydrogen-bond donors (Lipinski definition) is 2. The Labute approximate surface area is 107 Å². The average molecular weight is 249 g/mol. The van der Waals surface area contributed by atoms with Gasteiger partial charge in [0.15, 0.2) is 0 Å². The van der Waals surface area contributed by atoms with Gasteiger partial charge in [-0.15, -0.1) is 0 Å². The van der Waals surface area contributed by atoms with Crippen LogP contribution in [-0.2, 0) is 0 Å². The van der Waals surface area contributed by atoms with Crippen LogP contribution in [0.15, 0.2) is 18.2 Å². The maximum atomic E-state index is 11.9. The van der Waals surface area contributed by atoms with Gasteiger partial charge in [0.1, 0.15) is 11.5 Å². The Morgan fingerprint density at radius 3 is 2.94 bits per heavy atom. The number of benzene rings is 1. The van der Waals surface area contributed by atoms with Crippen molar-refractivity contribution in [3.05, 3.63) is 23.8 Å². The molecule has 0 spiro atoms. The zero-order valence-corrected chi connectivity index (χ0v) is 10.6. The van der Waals surface area contributed by atoms with Gasteiger partial charge in [0.2, 0.25) is 0 Å². The topological polar surface area (TPSA) is 58.6 Å². The zero-order chi connectivity index (χ0) is 13.0. The van der Waals surface area contributed by atoms with Gasteiger partial charge >= 0.3 is 0 Å². The minimum atomic E-state index is -0.248. The van der Waals surface area contributed by atoms with Crippen molar-refractivity contribution in [2.45, 2.75) is 25.7 Å². The van der Waals surface area contributed by atoms with Crippen LogP contribution >= 0.6 is 0 Å². The average Bonchev–Trinajstić information content (AvgIpc) is 3.19. The van der Waals surface area contributed by atoms with Crippen molar-refractivity contribution in [2.75, 3.05) is 13.7 Å². The molecule has 98 valence electrons. The number of phenolic OH excluding ortho intramolecular Hbond substituents is 1. The Kier molecular flexibility index (Phi) is 4.07. The van der Waals surface area contributed by atoms with Crippen molar-refractivity contribution in [3.63, 3.8) is 0 Å². The molecule has 0 radical (unpaired) electrons. The third kappa shape index (κ3) is 3.39. The standard InChI is InChI=1S/C14H19NO3/c1-18-11-6-7-13(16)12(9-11)14(17)15-8-2-3-10-4-5-10/h6-7,9-10,16H,2-5,8H2,1H3,(H,15,17). The number of aromatic hydroxyl groups is 1. The summed E-state index contributed by atoms with van der Waals surface area (Å²) in [7, 11) is 1.53. The molecule has 2 N–H and O–H groups in total. The van der Waals surface area contributed by atoms with Gasteiger partial charge in [0.25, 0.3) is 5.91 Å². The van der Waals surface area contributed by atoms with Crippen molar-refractivity contribution in [2.24, 2.45) is 5.92 Å². The molecular weight excluding hydrogens is 230 g/mol. The molecule has 1 aromatic rings. The molecule has 0 atom stereocenters. The summed E-state index contributed by atoms with van der Waals surface area (Å²) >= 11 is 0. The van der Waals surface area contributed by atoms with Gasteiger partial charge < -0.3 is 15.2 Å². The molecule has 1 aliphatic carbocycles. The molecule has 1 saturated carbocycles. The first-order valence-electron chi connectivity index (χ1n) is 6.36. The Balaban J connectivity index is 1.86. The van der Waals surface area contributed by atoms with Gasteiger partial charge in [-0.3, -0.25) is 4.79 Å². The maximum Gasteiger partial charge on any atom is 0.255 e. The number of phenols is 1. The highest BCUT2D eigenvalue weighted by atomic mass is 16.5. The second-order valence-corrected chi connectivity index (χ2v) is 4.72. The SMILES string of the molecule is COc1ccc(O)c(C(=O)NCCCC2CC2)c1. The normalized spacial score (nSPS) is 14.3. The Morgan fingerprint density at radius 1 is 1.50 bits per heavy atom. The van der Waals surface area contributed by atoms with E-state index in [1.54, 1.807) is 12.1 Å². The predicted molar refractivity (Wildman–Crippen MR) is 69.0 cm³/mol. The van der Waals surface area contributed by atoms with E-state index < -0.39 is 0 Å². The molecule has 2 rings (SSSR count). The number of amides is 1. The molecular formula is C14H19NO3. The summed E-state index contributed by atoms with van der Waals surface area (Å²) in [5, 5.41) is 12.5. The summed E-state index contributed by atoms with van der Waals surface area (Å²) in [5.74, 6) is 1.18. The summed E-state index contributed by atoms with van der Waals surface area (Å²) < 4.78 is 5.03. The molecule has 0 aliphatic heterocycles. The Hall–Kier alpha value is -1.71. The van der Waals surface area contributed by atoms with Gasteiger partial charge in [-0.25, -0.2) is 0 Å². The highest BCUT2D eigenvalue weighted by molar-refractivity contribution is 5.97. The zero-order valence-electron chi connectivity index (χ0n) is 10.6. The first-order valence-corrected chi connectivity index (χ1v) is 6.36. The first-order chi connectivity index (χ1) is 8.70. The van der Waals surface area contributed by atoms with Crippen LogP contribution in [0.2, 0.25) is 0 Å². The van der Waals surface area contributed by atoms with Crippen molar-refractivity contribution in [1.29, 1.82) is 0 Å². The number of carbonyl (C=O) groups is 1. The molecule has 1 amide bonds. The van der Waals surface area contributed by atoms with E-state index in [4.69, 9.17) is 4.74 Å². The number of methoxy groups -OCH3 is 1. The fraction of sp³-hybridized carbons (Fsp3) is 0.500. The van der Waals surface area contributed by atoms with Gasteiger partial charge in [-0.05, 0) is 37.0 Å². The number of ether oxygens (including phenoxy) is 1. The van der Waals surface area contributed by atoms with Crippen LogP contribution in [0.3, 0.4) is 0 Å². The van der Waals surface area contributed by atoms with Gasteiger partial charge in [-0.2, -0.15) is 0 Å². The summed E-state index contributed by atoms with van der Waals surface area (Å²) in [4.78, 5) is 11.9. The first kappa shape index (κ1) is 12.7. The van der Waals surface area contributed by atoms with Gasteiger partial charge in [0.05, 0.1) is 12.7 Å². The smallest absolute Gasteiger partial charge is 0.255 e. The van der Waals surface area contributed by atoms with Crippen LogP contribution in [0, 0.1) is 5.92 Å². The third-order valence-corrected chi connectivity index (χ3v) is 3.22. The van der Waals surface area contributed by atoms with Crippen LogP contribution in [0.5, 0.6) is 11.5 Å². The lowest BCUT2D eigenvalue weighted by Gasteiger charge is -2.08. The van der Waals surface area contributed by atoms with E-state index >= 15 is 0 Å². The number of carbonyl (C=O) groups excluding carboxylic acids is 1. The molecule has 1 aromatic carbocycles. The second-order valence-electron chi connectivity index (χ2n) is 4.72. The van der Waals surface area contributed by atoms with E-state index in [2.05, 4.69) is 5.32 Å². The molecule has 0 saturated heterocycles.